The zero-order valence-electron chi connectivity index (χ0n) is 17.3. The zero-order valence-corrected chi connectivity index (χ0v) is 17.3. The molecule has 1 aromatic rings. The summed E-state index contributed by atoms with van der Waals surface area (Å²) in [5.74, 6) is 1.96. The quantitative estimate of drug-likeness (QED) is 0.332. The van der Waals surface area contributed by atoms with E-state index in [2.05, 4.69) is 39.2 Å². The highest BCUT2D eigenvalue weighted by Gasteiger charge is 2.14. The lowest BCUT2D eigenvalue weighted by Crippen LogP contribution is -2.45. The first-order valence-corrected chi connectivity index (χ1v) is 10.8. The van der Waals surface area contributed by atoms with Crippen molar-refractivity contribution in [1.29, 1.82) is 0 Å². The molecule has 0 spiro atoms. The summed E-state index contributed by atoms with van der Waals surface area (Å²) in [7, 11) is 0. The summed E-state index contributed by atoms with van der Waals surface area (Å²) in [4.78, 5) is 4.77. The van der Waals surface area contributed by atoms with Crippen molar-refractivity contribution in [3.05, 3.63) is 12.2 Å². The average Bonchev–Trinajstić information content (AvgIpc) is 3.15. The molecule has 154 valence electrons. The van der Waals surface area contributed by atoms with Crippen LogP contribution in [0.4, 0.5) is 0 Å². The fourth-order valence-electron chi connectivity index (χ4n) is 3.33. The Kier molecular flexibility index (Phi) is 10.9. The Morgan fingerprint density at radius 3 is 2.81 bits per heavy atom. The SMILES string of the molecule is CCCCOCCCN=C(NCCn1cnnc1CC)NC1CCCCC1. The Labute approximate surface area is 164 Å². The summed E-state index contributed by atoms with van der Waals surface area (Å²) >= 11 is 0. The van der Waals surface area contributed by atoms with E-state index in [0.29, 0.717) is 6.04 Å². The van der Waals surface area contributed by atoms with Gasteiger partial charge in [-0.2, -0.15) is 0 Å². The number of unbranched alkanes of at least 4 members (excludes halogenated alkanes) is 1. The van der Waals surface area contributed by atoms with Crippen LogP contribution in [0.5, 0.6) is 0 Å². The minimum atomic E-state index is 0.548. The van der Waals surface area contributed by atoms with Crippen LogP contribution in [0.2, 0.25) is 0 Å². The Morgan fingerprint density at radius 1 is 1.22 bits per heavy atom. The summed E-state index contributed by atoms with van der Waals surface area (Å²) in [6, 6.07) is 0.548. The lowest BCUT2D eigenvalue weighted by atomic mass is 9.96. The smallest absolute Gasteiger partial charge is 0.191 e. The van der Waals surface area contributed by atoms with Crippen LogP contribution in [-0.2, 0) is 17.7 Å². The number of hydrogen-bond donors (Lipinski definition) is 2. The maximum absolute atomic E-state index is 5.63. The van der Waals surface area contributed by atoms with Gasteiger partial charge in [0.25, 0.3) is 0 Å². The van der Waals surface area contributed by atoms with Gasteiger partial charge in [0.05, 0.1) is 0 Å². The van der Waals surface area contributed by atoms with E-state index in [-0.39, 0.29) is 0 Å². The van der Waals surface area contributed by atoms with Gasteiger partial charge in [0.2, 0.25) is 0 Å². The Bertz CT molecular complexity index is 524. The van der Waals surface area contributed by atoms with Crippen molar-refractivity contribution in [2.45, 2.75) is 84.2 Å². The molecule has 2 rings (SSSR count). The predicted octanol–water partition coefficient (Wildman–Crippen LogP) is 2.92. The molecule has 0 unspecified atom stereocenters. The van der Waals surface area contributed by atoms with Crippen LogP contribution in [0.15, 0.2) is 11.3 Å². The highest BCUT2D eigenvalue weighted by Crippen LogP contribution is 2.17. The van der Waals surface area contributed by atoms with Crippen molar-refractivity contribution >= 4 is 5.96 Å². The number of nitrogens with one attached hydrogen (secondary N) is 2. The molecule has 1 heterocycles. The maximum Gasteiger partial charge on any atom is 0.191 e. The molecule has 0 bridgehead atoms. The number of ether oxygens (including phenoxy) is 1. The van der Waals surface area contributed by atoms with Crippen molar-refractivity contribution in [2.75, 3.05) is 26.3 Å². The first kappa shape index (κ1) is 21.7. The standard InChI is InChI=1S/C20H38N6O/c1-3-5-15-27-16-9-12-21-20(24-18-10-7-6-8-11-18)22-13-14-26-17-23-25-19(26)4-2/h17-18H,3-16H2,1-2H3,(H2,21,22,24). The Balaban J connectivity index is 1.76. The maximum atomic E-state index is 5.63. The molecule has 0 atom stereocenters. The monoisotopic (exact) mass is 378 g/mol. The lowest BCUT2D eigenvalue weighted by Gasteiger charge is -2.25. The summed E-state index contributed by atoms with van der Waals surface area (Å²) in [6.07, 6.45) is 12.5. The van der Waals surface area contributed by atoms with Gasteiger partial charge in [0, 0.05) is 45.3 Å². The number of hydrogen-bond acceptors (Lipinski definition) is 4. The highest BCUT2D eigenvalue weighted by atomic mass is 16.5. The third kappa shape index (κ3) is 8.73. The second-order valence-corrected chi connectivity index (χ2v) is 7.25. The van der Waals surface area contributed by atoms with E-state index in [1.807, 2.05) is 0 Å². The molecule has 7 nitrogen and oxygen atoms in total. The molecule has 0 saturated heterocycles. The van der Waals surface area contributed by atoms with Crippen molar-refractivity contribution in [2.24, 2.45) is 4.99 Å². The van der Waals surface area contributed by atoms with Gasteiger partial charge in [-0.15, -0.1) is 10.2 Å². The van der Waals surface area contributed by atoms with E-state index >= 15 is 0 Å². The number of nitrogens with zero attached hydrogens (tertiary/aromatic N) is 4. The van der Waals surface area contributed by atoms with Gasteiger partial charge >= 0.3 is 0 Å². The topological polar surface area (TPSA) is 76.4 Å². The average molecular weight is 379 g/mol. The number of aromatic nitrogens is 3. The molecule has 27 heavy (non-hydrogen) atoms. The largest absolute Gasteiger partial charge is 0.381 e. The van der Waals surface area contributed by atoms with Crippen molar-refractivity contribution in [1.82, 2.24) is 25.4 Å². The summed E-state index contributed by atoms with van der Waals surface area (Å²) in [6.45, 7) is 8.41. The van der Waals surface area contributed by atoms with Crippen LogP contribution in [0.25, 0.3) is 0 Å². The zero-order chi connectivity index (χ0) is 19.2. The van der Waals surface area contributed by atoms with Crippen molar-refractivity contribution in [3.63, 3.8) is 0 Å². The van der Waals surface area contributed by atoms with Crippen molar-refractivity contribution in [3.8, 4) is 0 Å². The number of guanidine groups is 1. The summed E-state index contributed by atoms with van der Waals surface area (Å²) < 4.78 is 7.74. The molecule has 1 aliphatic carbocycles. The lowest BCUT2D eigenvalue weighted by molar-refractivity contribution is 0.130. The number of aryl methyl sites for hydroxylation is 1. The van der Waals surface area contributed by atoms with E-state index < -0.39 is 0 Å². The van der Waals surface area contributed by atoms with Gasteiger partial charge in [0.1, 0.15) is 12.2 Å². The molecular weight excluding hydrogens is 340 g/mol. The summed E-state index contributed by atoms with van der Waals surface area (Å²) in [5.41, 5.74) is 0. The van der Waals surface area contributed by atoms with E-state index in [4.69, 9.17) is 9.73 Å². The van der Waals surface area contributed by atoms with Gasteiger partial charge in [-0.1, -0.05) is 39.5 Å². The molecule has 0 aromatic carbocycles. The predicted molar refractivity (Wildman–Crippen MR) is 110 cm³/mol. The normalized spacial score (nSPS) is 15.9. The molecule has 1 aliphatic rings. The van der Waals surface area contributed by atoms with E-state index in [1.54, 1.807) is 6.33 Å². The van der Waals surface area contributed by atoms with Crippen LogP contribution in [-0.4, -0.2) is 53.1 Å². The van der Waals surface area contributed by atoms with Gasteiger partial charge in [-0.05, 0) is 25.7 Å². The van der Waals surface area contributed by atoms with Crippen LogP contribution in [0.1, 0.15) is 71.0 Å². The molecular formula is C20H38N6O. The van der Waals surface area contributed by atoms with E-state index in [1.165, 1.54) is 38.5 Å². The minimum Gasteiger partial charge on any atom is -0.381 e. The molecule has 7 heteroatoms. The minimum absolute atomic E-state index is 0.548. The third-order valence-electron chi connectivity index (χ3n) is 4.96. The molecule has 1 aromatic heterocycles. The molecule has 2 N–H and O–H groups in total. The highest BCUT2D eigenvalue weighted by molar-refractivity contribution is 5.80. The second-order valence-electron chi connectivity index (χ2n) is 7.25. The fourth-order valence-corrected chi connectivity index (χ4v) is 3.33. The van der Waals surface area contributed by atoms with Gasteiger partial charge in [-0.3, -0.25) is 4.99 Å². The Morgan fingerprint density at radius 2 is 2.04 bits per heavy atom. The summed E-state index contributed by atoms with van der Waals surface area (Å²) in [5, 5.41) is 15.3. The first-order valence-electron chi connectivity index (χ1n) is 10.8. The fraction of sp³-hybridized carbons (Fsp3) is 0.850. The molecule has 0 aliphatic heterocycles. The Hall–Kier alpha value is -1.63. The molecule has 1 saturated carbocycles. The van der Waals surface area contributed by atoms with Crippen LogP contribution < -0.4 is 10.6 Å². The second kappa shape index (κ2) is 13.5. The number of aliphatic imine (C=N–C) groups is 1. The van der Waals surface area contributed by atoms with Gasteiger partial charge in [-0.25, -0.2) is 0 Å². The van der Waals surface area contributed by atoms with E-state index in [9.17, 15) is 0 Å². The van der Waals surface area contributed by atoms with Crippen molar-refractivity contribution < 1.29 is 4.74 Å². The van der Waals surface area contributed by atoms with Crippen LogP contribution in [0.3, 0.4) is 0 Å². The molecule has 0 radical (unpaired) electrons. The molecule has 0 amide bonds. The van der Waals surface area contributed by atoms with Crippen LogP contribution >= 0.6 is 0 Å². The molecule has 1 fully saturated rings. The van der Waals surface area contributed by atoms with Gasteiger partial charge in [0.15, 0.2) is 5.96 Å². The van der Waals surface area contributed by atoms with Gasteiger partial charge < -0.3 is 19.9 Å². The number of rotatable bonds is 12. The third-order valence-corrected chi connectivity index (χ3v) is 4.96. The van der Waals surface area contributed by atoms with E-state index in [0.717, 1.165) is 63.9 Å². The van der Waals surface area contributed by atoms with Crippen LogP contribution in [0, 0.1) is 0 Å². The first-order chi connectivity index (χ1) is 13.3.